The van der Waals surface area contributed by atoms with Crippen LogP contribution in [0.25, 0.3) is 0 Å². The van der Waals surface area contributed by atoms with Gasteiger partial charge >= 0.3 is 0 Å². The third-order valence-corrected chi connectivity index (χ3v) is 6.39. The highest BCUT2D eigenvalue weighted by Crippen LogP contribution is 2.15. The molecule has 0 bridgehead atoms. The molecule has 2 N–H and O–H groups in total. The van der Waals surface area contributed by atoms with Gasteiger partial charge in [-0.05, 0) is 58.2 Å². The number of unbranched alkanes of at least 4 members (excludes halogenated alkanes) is 9. The maximum atomic E-state index is 3.71. The molecule has 0 aromatic rings. The SMILES string of the molecule is CCC(CC)CNCCCCCCCCCCCCNC(C)(C)C(C)C. The second kappa shape index (κ2) is 17.0. The Morgan fingerprint density at radius 2 is 1.08 bits per heavy atom. The van der Waals surface area contributed by atoms with Crippen LogP contribution in [0.1, 0.15) is 119 Å². The third kappa shape index (κ3) is 15.0. The van der Waals surface area contributed by atoms with Crippen LogP contribution in [-0.4, -0.2) is 25.2 Å². The number of nitrogens with one attached hydrogen (secondary N) is 2. The predicted molar refractivity (Wildman–Crippen MR) is 120 cm³/mol. The van der Waals surface area contributed by atoms with E-state index in [2.05, 4.69) is 52.2 Å². The molecule has 0 atom stereocenters. The van der Waals surface area contributed by atoms with Crippen molar-refractivity contribution in [2.75, 3.05) is 19.6 Å². The highest BCUT2D eigenvalue weighted by Gasteiger charge is 2.20. The molecule has 2 heteroatoms. The Morgan fingerprint density at radius 1 is 0.654 bits per heavy atom. The van der Waals surface area contributed by atoms with E-state index >= 15 is 0 Å². The summed E-state index contributed by atoms with van der Waals surface area (Å²) in [5.74, 6) is 1.58. The van der Waals surface area contributed by atoms with Gasteiger partial charge in [0.05, 0.1) is 0 Å². The molecule has 0 radical (unpaired) electrons. The monoisotopic (exact) mass is 368 g/mol. The smallest absolute Gasteiger partial charge is 0.0148 e. The first-order valence-electron chi connectivity index (χ1n) is 11.9. The lowest BCUT2D eigenvalue weighted by molar-refractivity contribution is 0.286. The minimum Gasteiger partial charge on any atom is -0.316 e. The van der Waals surface area contributed by atoms with Crippen LogP contribution >= 0.6 is 0 Å². The molecule has 26 heavy (non-hydrogen) atoms. The molecular weight excluding hydrogens is 316 g/mol. The fraction of sp³-hybridized carbons (Fsp3) is 1.00. The average Bonchev–Trinajstić information content (AvgIpc) is 2.61. The van der Waals surface area contributed by atoms with E-state index < -0.39 is 0 Å². The second-order valence-electron chi connectivity index (χ2n) is 9.23. The van der Waals surface area contributed by atoms with Gasteiger partial charge in [-0.15, -0.1) is 0 Å². The van der Waals surface area contributed by atoms with E-state index in [9.17, 15) is 0 Å². The van der Waals surface area contributed by atoms with Crippen LogP contribution in [0.2, 0.25) is 0 Å². The van der Waals surface area contributed by atoms with E-state index in [1.165, 1.54) is 96.7 Å². The fourth-order valence-electron chi connectivity index (χ4n) is 3.29. The van der Waals surface area contributed by atoms with Gasteiger partial charge in [-0.3, -0.25) is 0 Å². The quantitative estimate of drug-likeness (QED) is 0.241. The molecule has 0 aliphatic heterocycles. The highest BCUT2D eigenvalue weighted by molar-refractivity contribution is 4.80. The summed E-state index contributed by atoms with van der Waals surface area (Å²) in [6.07, 6.45) is 16.7. The first-order chi connectivity index (χ1) is 12.4. The Hall–Kier alpha value is -0.0800. The summed E-state index contributed by atoms with van der Waals surface area (Å²) >= 11 is 0. The standard InChI is InChI=1S/C24H52N2/c1-7-23(8-2)21-25-19-17-15-13-11-9-10-12-14-16-18-20-26-24(5,6)22(3)4/h22-23,25-26H,7-21H2,1-6H3. The summed E-state index contributed by atoms with van der Waals surface area (Å²) in [4.78, 5) is 0. The van der Waals surface area contributed by atoms with E-state index in [0.29, 0.717) is 5.92 Å². The molecule has 0 aliphatic carbocycles. The lowest BCUT2D eigenvalue weighted by atomic mass is 9.90. The number of rotatable bonds is 19. The molecule has 0 aromatic carbocycles. The van der Waals surface area contributed by atoms with Crippen molar-refractivity contribution >= 4 is 0 Å². The normalized spacial score (nSPS) is 12.5. The van der Waals surface area contributed by atoms with Crippen molar-refractivity contribution < 1.29 is 0 Å². The summed E-state index contributed by atoms with van der Waals surface area (Å²) in [6.45, 7) is 17.5. The van der Waals surface area contributed by atoms with Crippen LogP contribution in [0.3, 0.4) is 0 Å². The Kier molecular flexibility index (Phi) is 17.0. The molecule has 0 spiro atoms. The molecule has 0 amide bonds. The van der Waals surface area contributed by atoms with Crippen molar-refractivity contribution in [2.24, 2.45) is 11.8 Å². The van der Waals surface area contributed by atoms with Crippen LogP contribution in [0.5, 0.6) is 0 Å². The molecule has 0 aliphatic rings. The first kappa shape index (κ1) is 25.9. The second-order valence-corrected chi connectivity index (χ2v) is 9.23. The van der Waals surface area contributed by atoms with Gasteiger partial charge in [-0.25, -0.2) is 0 Å². The van der Waals surface area contributed by atoms with Gasteiger partial charge in [0.1, 0.15) is 0 Å². The molecule has 0 fully saturated rings. The van der Waals surface area contributed by atoms with Crippen molar-refractivity contribution in [3.63, 3.8) is 0 Å². The molecule has 0 saturated heterocycles. The van der Waals surface area contributed by atoms with Crippen LogP contribution in [0.15, 0.2) is 0 Å². The van der Waals surface area contributed by atoms with Crippen molar-refractivity contribution in [2.45, 2.75) is 124 Å². The van der Waals surface area contributed by atoms with Gasteiger partial charge < -0.3 is 10.6 Å². The van der Waals surface area contributed by atoms with Gasteiger partial charge in [0.15, 0.2) is 0 Å². The molecule has 2 nitrogen and oxygen atoms in total. The van der Waals surface area contributed by atoms with E-state index in [-0.39, 0.29) is 5.54 Å². The highest BCUT2D eigenvalue weighted by atomic mass is 15.0. The zero-order valence-electron chi connectivity index (χ0n) is 19.3. The zero-order valence-corrected chi connectivity index (χ0v) is 19.3. The predicted octanol–water partition coefficient (Wildman–Crippen LogP) is 6.94. The number of hydrogen-bond acceptors (Lipinski definition) is 2. The van der Waals surface area contributed by atoms with Gasteiger partial charge in [-0.1, -0.05) is 91.9 Å². The molecule has 0 aromatic heterocycles. The summed E-state index contributed by atoms with van der Waals surface area (Å²) in [6, 6.07) is 0. The Bertz CT molecular complexity index is 282. The van der Waals surface area contributed by atoms with Crippen molar-refractivity contribution in [3.8, 4) is 0 Å². The van der Waals surface area contributed by atoms with E-state index in [0.717, 1.165) is 5.92 Å². The summed E-state index contributed by atoms with van der Waals surface area (Å²) in [5.41, 5.74) is 0.281. The molecular formula is C24H52N2. The van der Waals surface area contributed by atoms with Crippen LogP contribution in [0.4, 0.5) is 0 Å². The molecule has 0 unspecified atom stereocenters. The van der Waals surface area contributed by atoms with E-state index in [1.807, 2.05) is 0 Å². The fourth-order valence-corrected chi connectivity index (χ4v) is 3.29. The lowest BCUT2D eigenvalue weighted by Gasteiger charge is -2.30. The average molecular weight is 369 g/mol. The topological polar surface area (TPSA) is 24.1 Å². The summed E-state index contributed by atoms with van der Waals surface area (Å²) < 4.78 is 0. The summed E-state index contributed by atoms with van der Waals surface area (Å²) in [5, 5.41) is 7.34. The van der Waals surface area contributed by atoms with Crippen molar-refractivity contribution in [1.82, 2.24) is 10.6 Å². The minimum atomic E-state index is 0.281. The Labute approximate surface area is 166 Å². The Morgan fingerprint density at radius 3 is 1.50 bits per heavy atom. The van der Waals surface area contributed by atoms with Crippen LogP contribution in [0, 0.1) is 11.8 Å². The summed E-state index contributed by atoms with van der Waals surface area (Å²) in [7, 11) is 0. The zero-order chi connectivity index (χ0) is 19.7. The van der Waals surface area contributed by atoms with E-state index in [4.69, 9.17) is 0 Å². The molecule has 0 heterocycles. The molecule has 0 rings (SSSR count). The van der Waals surface area contributed by atoms with Crippen LogP contribution < -0.4 is 10.6 Å². The molecule has 158 valence electrons. The molecule has 0 saturated carbocycles. The van der Waals surface area contributed by atoms with Crippen molar-refractivity contribution in [1.29, 1.82) is 0 Å². The minimum absolute atomic E-state index is 0.281. The first-order valence-corrected chi connectivity index (χ1v) is 11.9. The maximum Gasteiger partial charge on any atom is 0.0148 e. The van der Waals surface area contributed by atoms with Gasteiger partial charge in [0.2, 0.25) is 0 Å². The maximum absolute atomic E-state index is 3.71. The number of hydrogen-bond donors (Lipinski definition) is 2. The lowest BCUT2D eigenvalue weighted by Crippen LogP contribution is -2.44. The van der Waals surface area contributed by atoms with Gasteiger partial charge in [0.25, 0.3) is 0 Å². The Balaban J connectivity index is 3.20. The van der Waals surface area contributed by atoms with Crippen molar-refractivity contribution in [3.05, 3.63) is 0 Å². The van der Waals surface area contributed by atoms with Crippen LogP contribution in [-0.2, 0) is 0 Å². The van der Waals surface area contributed by atoms with E-state index in [1.54, 1.807) is 0 Å². The van der Waals surface area contributed by atoms with Gasteiger partial charge in [-0.2, -0.15) is 0 Å². The third-order valence-electron chi connectivity index (χ3n) is 6.39. The largest absolute Gasteiger partial charge is 0.316 e. The van der Waals surface area contributed by atoms with Gasteiger partial charge in [0, 0.05) is 5.54 Å².